The van der Waals surface area contributed by atoms with E-state index in [1.807, 2.05) is 6.07 Å². The second-order valence-corrected chi connectivity index (χ2v) is 6.19. The summed E-state index contributed by atoms with van der Waals surface area (Å²) in [4.78, 5) is 2.30. The average Bonchev–Trinajstić information content (AvgIpc) is 2.30. The van der Waals surface area contributed by atoms with Gasteiger partial charge in [-0.1, -0.05) is 13.8 Å². The van der Waals surface area contributed by atoms with Gasteiger partial charge in [-0.25, -0.2) is 4.39 Å². The summed E-state index contributed by atoms with van der Waals surface area (Å²) in [6.07, 6.45) is 0.596. The SMILES string of the molecule is Cc1cc(N2CC(C)CC(C)C2)c(C(C)O)cc1F. The Kier molecular flexibility index (Phi) is 4.14. The van der Waals surface area contributed by atoms with Gasteiger partial charge in [-0.05, 0) is 49.8 Å². The van der Waals surface area contributed by atoms with Crippen LogP contribution in [0.5, 0.6) is 0 Å². The molecule has 0 aromatic heterocycles. The highest BCUT2D eigenvalue weighted by atomic mass is 19.1. The Morgan fingerprint density at radius 1 is 1.26 bits per heavy atom. The number of hydrogen-bond acceptors (Lipinski definition) is 2. The molecule has 3 heteroatoms. The van der Waals surface area contributed by atoms with Crippen molar-refractivity contribution in [3.8, 4) is 0 Å². The number of aliphatic hydroxyl groups excluding tert-OH is 1. The van der Waals surface area contributed by atoms with E-state index in [4.69, 9.17) is 0 Å². The smallest absolute Gasteiger partial charge is 0.126 e. The number of aliphatic hydroxyl groups is 1. The molecule has 1 aromatic carbocycles. The summed E-state index contributed by atoms with van der Waals surface area (Å²) < 4.78 is 13.7. The zero-order chi connectivity index (χ0) is 14.2. The molecule has 0 amide bonds. The van der Waals surface area contributed by atoms with Crippen LogP contribution in [0.4, 0.5) is 10.1 Å². The number of hydrogen-bond donors (Lipinski definition) is 1. The lowest BCUT2D eigenvalue weighted by atomic mass is 9.90. The molecule has 0 saturated carbocycles. The molecule has 0 radical (unpaired) electrons. The third-order valence-electron chi connectivity index (χ3n) is 3.97. The van der Waals surface area contributed by atoms with Crippen LogP contribution in [0.15, 0.2) is 12.1 Å². The van der Waals surface area contributed by atoms with Crippen molar-refractivity contribution in [2.24, 2.45) is 11.8 Å². The second-order valence-electron chi connectivity index (χ2n) is 6.19. The first kappa shape index (κ1) is 14.3. The molecule has 2 nitrogen and oxygen atoms in total. The van der Waals surface area contributed by atoms with Gasteiger partial charge in [-0.3, -0.25) is 0 Å². The summed E-state index contributed by atoms with van der Waals surface area (Å²) in [5, 5.41) is 9.89. The van der Waals surface area contributed by atoms with Crippen molar-refractivity contribution >= 4 is 5.69 Å². The topological polar surface area (TPSA) is 23.5 Å². The van der Waals surface area contributed by atoms with E-state index >= 15 is 0 Å². The molecule has 1 aliphatic heterocycles. The van der Waals surface area contributed by atoms with Gasteiger partial charge in [-0.15, -0.1) is 0 Å². The van der Waals surface area contributed by atoms with Gasteiger partial charge in [0.1, 0.15) is 5.82 Å². The third-order valence-corrected chi connectivity index (χ3v) is 3.97. The quantitative estimate of drug-likeness (QED) is 0.882. The highest BCUT2D eigenvalue weighted by molar-refractivity contribution is 5.57. The largest absolute Gasteiger partial charge is 0.389 e. The maximum absolute atomic E-state index is 13.7. The standard InChI is InChI=1S/C16H24FNO/c1-10-5-11(2)9-18(8-10)16-6-12(3)15(17)7-14(16)13(4)19/h6-7,10-11,13,19H,5,8-9H2,1-4H3. The summed E-state index contributed by atoms with van der Waals surface area (Å²) in [5.41, 5.74) is 2.34. The molecule has 1 aromatic rings. The summed E-state index contributed by atoms with van der Waals surface area (Å²) in [6, 6.07) is 3.36. The van der Waals surface area contributed by atoms with Crippen molar-refractivity contribution < 1.29 is 9.50 Å². The predicted octanol–water partition coefficient (Wildman–Crippen LogP) is 3.67. The molecule has 0 spiro atoms. The number of piperidine rings is 1. The van der Waals surface area contributed by atoms with Gasteiger partial charge >= 0.3 is 0 Å². The van der Waals surface area contributed by atoms with Gasteiger partial charge in [0.25, 0.3) is 0 Å². The minimum absolute atomic E-state index is 0.238. The zero-order valence-corrected chi connectivity index (χ0v) is 12.3. The zero-order valence-electron chi connectivity index (χ0n) is 12.3. The second kappa shape index (κ2) is 5.49. The summed E-state index contributed by atoms with van der Waals surface area (Å²) in [5.74, 6) is 1.03. The van der Waals surface area contributed by atoms with Crippen LogP contribution in [0.25, 0.3) is 0 Å². The van der Waals surface area contributed by atoms with Gasteiger partial charge in [0.15, 0.2) is 0 Å². The van der Waals surface area contributed by atoms with Crippen molar-refractivity contribution in [3.05, 3.63) is 29.1 Å². The first-order valence-corrected chi connectivity index (χ1v) is 7.11. The number of nitrogens with zero attached hydrogens (tertiary/aromatic N) is 1. The molecule has 1 saturated heterocycles. The highest BCUT2D eigenvalue weighted by Gasteiger charge is 2.25. The lowest BCUT2D eigenvalue weighted by Gasteiger charge is -2.38. The van der Waals surface area contributed by atoms with Crippen LogP contribution in [0.2, 0.25) is 0 Å². The summed E-state index contributed by atoms with van der Waals surface area (Å²) in [7, 11) is 0. The highest BCUT2D eigenvalue weighted by Crippen LogP contribution is 2.33. The molecule has 2 rings (SSSR count). The Morgan fingerprint density at radius 2 is 1.84 bits per heavy atom. The Hall–Kier alpha value is -1.09. The first-order chi connectivity index (χ1) is 8.88. The Labute approximate surface area is 115 Å². The molecule has 19 heavy (non-hydrogen) atoms. The molecule has 106 valence electrons. The van der Waals surface area contributed by atoms with E-state index in [0.717, 1.165) is 18.8 Å². The fraction of sp³-hybridized carbons (Fsp3) is 0.625. The maximum atomic E-state index is 13.7. The third kappa shape index (κ3) is 3.08. The summed E-state index contributed by atoms with van der Waals surface area (Å²) in [6.45, 7) is 9.94. The summed E-state index contributed by atoms with van der Waals surface area (Å²) >= 11 is 0. The minimum atomic E-state index is -0.641. The fourth-order valence-corrected chi connectivity index (χ4v) is 3.15. The predicted molar refractivity (Wildman–Crippen MR) is 76.9 cm³/mol. The van der Waals surface area contributed by atoms with Crippen molar-refractivity contribution in [3.63, 3.8) is 0 Å². The van der Waals surface area contributed by atoms with E-state index in [1.165, 1.54) is 12.5 Å². The van der Waals surface area contributed by atoms with Gasteiger partial charge < -0.3 is 10.0 Å². The maximum Gasteiger partial charge on any atom is 0.126 e. The van der Waals surface area contributed by atoms with Crippen LogP contribution in [-0.4, -0.2) is 18.2 Å². The van der Waals surface area contributed by atoms with Crippen molar-refractivity contribution in [1.82, 2.24) is 0 Å². The van der Waals surface area contributed by atoms with Gasteiger partial charge in [0.05, 0.1) is 6.10 Å². The van der Waals surface area contributed by atoms with Crippen LogP contribution >= 0.6 is 0 Å². The van der Waals surface area contributed by atoms with Crippen molar-refractivity contribution in [2.45, 2.75) is 40.2 Å². The number of rotatable bonds is 2. The molecular weight excluding hydrogens is 241 g/mol. The Balaban J connectivity index is 2.40. The van der Waals surface area contributed by atoms with Crippen LogP contribution in [-0.2, 0) is 0 Å². The minimum Gasteiger partial charge on any atom is -0.389 e. The van der Waals surface area contributed by atoms with Crippen LogP contribution < -0.4 is 4.90 Å². The van der Waals surface area contributed by atoms with Crippen molar-refractivity contribution in [2.75, 3.05) is 18.0 Å². The monoisotopic (exact) mass is 265 g/mol. The van der Waals surface area contributed by atoms with Crippen LogP contribution in [0, 0.1) is 24.6 Å². The van der Waals surface area contributed by atoms with E-state index in [0.29, 0.717) is 23.0 Å². The average molecular weight is 265 g/mol. The Morgan fingerprint density at radius 3 is 2.37 bits per heavy atom. The molecular formula is C16H24FNO. The number of benzene rings is 1. The van der Waals surface area contributed by atoms with Crippen molar-refractivity contribution in [1.29, 1.82) is 0 Å². The van der Waals surface area contributed by atoms with E-state index in [-0.39, 0.29) is 5.82 Å². The van der Waals surface area contributed by atoms with E-state index in [1.54, 1.807) is 13.8 Å². The number of halogens is 1. The van der Waals surface area contributed by atoms with E-state index in [2.05, 4.69) is 18.7 Å². The van der Waals surface area contributed by atoms with E-state index in [9.17, 15) is 9.50 Å². The molecule has 3 unspecified atom stereocenters. The van der Waals surface area contributed by atoms with Gasteiger partial charge in [0.2, 0.25) is 0 Å². The molecule has 1 fully saturated rings. The lowest BCUT2D eigenvalue weighted by Crippen LogP contribution is -2.39. The molecule has 1 aliphatic rings. The molecule has 0 aliphatic carbocycles. The van der Waals surface area contributed by atoms with Crippen LogP contribution in [0.1, 0.15) is 44.4 Å². The Bertz CT molecular complexity index is 448. The number of aryl methyl sites for hydroxylation is 1. The number of anilines is 1. The molecule has 1 heterocycles. The normalized spacial score (nSPS) is 25.5. The molecule has 1 N–H and O–H groups in total. The first-order valence-electron chi connectivity index (χ1n) is 7.11. The lowest BCUT2D eigenvalue weighted by molar-refractivity contribution is 0.198. The van der Waals surface area contributed by atoms with Gasteiger partial charge in [0, 0.05) is 24.3 Å². The molecule has 0 bridgehead atoms. The van der Waals surface area contributed by atoms with E-state index < -0.39 is 6.10 Å². The fourth-order valence-electron chi connectivity index (χ4n) is 3.15. The van der Waals surface area contributed by atoms with Crippen LogP contribution in [0.3, 0.4) is 0 Å². The molecule has 3 atom stereocenters. The van der Waals surface area contributed by atoms with Gasteiger partial charge in [-0.2, -0.15) is 0 Å².